The predicted molar refractivity (Wildman–Crippen MR) is 98.0 cm³/mol. The van der Waals surface area contributed by atoms with Crippen LogP contribution in [-0.2, 0) is 16.6 Å². The molecule has 0 heterocycles. The van der Waals surface area contributed by atoms with Crippen molar-refractivity contribution in [3.05, 3.63) is 60.2 Å². The highest BCUT2D eigenvalue weighted by Crippen LogP contribution is 2.21. The van der Waals surface area contributed by atoms with E-state index in [2.05, 4.69) is 0 Å². The molecule has 0 aliphatic carbocycles. The quantitative estimate of drug-likeness (QED) is 0.775. The first-order chi connectivity index (χ1) is 11.1. The average Bonchev–Trinajstić information content (AvgIpc) is 2.59. The van der Waals surface area contributed by atoms with E-state index >= 15 is 0 Å². The average molecular weight is 371 g/mol. The highest BCUT2D eigenvalue weighted by molar-refractivity contribution is 7.89. The minimum absolute atomic E-state index is 0. The molecule has 0 fully saturated rings. The summed E-state index contributed by atoms with van der Waals surface area (Å²) in [5, 5.41) is 0. The van der Waals surface area contributed by atoms with Crippen molar-refractivity contribution in [2.24, 2.45) is 5.73 Å². The summed E-state index contributed by atoms with van der Waals surface area (Å²) in [7, 11) is -2.03. The maximum Gasteiger partial charge on any atom is 0.243 e. The van der Waals surface area contributed by atoms with Crippen LogP contribution in [0.25, 0.3) is 0 Å². The van der Waals surface area contributed by atoms with Crippen molar-refractivity contribution in [2.45, 2.75) is 17.9 Å². The molecule has 7 heteroatoms. The van der Waals surface area contributed by atoms with E-state index in [0.29, 0.717) is 31.8 Å². The second-order valence-electron chi connectivity index (χ2n) is 5.14. The summed E-state index contributed by atoms with van der Waals surface area (Å²) >= 11 is 0. The Morgan fingerprint density at radius 1 is 1.04 bits per heavy atom. The van der Waals surface area contributed by atoms with Crippen molar-refractivity contribution in [1.29, 1.82) is 0 Å². The molecular weight excluding hydrogens is 348 g/mol. The molecule has 0 unspecified atom stereocenters. The fourth-order valence-electron chi connectivity index (χ4n) is 2.24. The number of sulfonamides is 1. The summed E-state index contributed by atoms with van der Waals surface area (Å²) in [6.45, 7) is 1.17. The van der Waals surface area contributed by atoms with Gasteiger partial charge < -0.3 is 10.5 Å². The molecule has 0 saturated heterocycles. The first kappa shape index (κ1) is 20.4. The van der Waals surface area contributed by atoms with E-state index in [1.165, 1.54) is 4.31 Å². The number of nitrogens with zero attached hydrogens (tertiary/aromatic N) is 1. The van der Waals surface area contributed by atoms with Crippen molar-refractivity contribution in [2.75, 3.05) is 20.2 Å². The van der Waals surface area contributed by atoms with E-state index < -0.39 is 10.0 Å². The standard InChI is InChI=1S/C17H22N2O3S.ClH/c1-22-16-8-10-17(11-9-16)23(20,21)19(13-5-12-18)14-15-6-3-2-4-7-15;/h2-4,6-11H,5,12-14,18H2,1H3;1H. The molecule has 132 valence electrons. The molecule has 0 saturated carbocycles. The highest BCUT2D eigenvalue weighted by Gasteiger charge is 2.24. The Morgan fingerprint density at radius 2 is 1.67 bits per heavy atom. The van der Waals surface area contributed by atoms with Crippen LogP contribution in [0.4, 0.5) is 0 Å². The van der Waals surface area contributed by atoms with Gasteiger partial charge in [0.15, 0.2) is 0 Å². The van der Waals surface area contributed by atoms with Crippen molar-refractivity contribution in [3.63, 3.8) is 0 Å². The molecule has 0 amide bonds. The zero-order valence-electron chi connectivity index (χ0n) is 13.6. The van der Waals surface area contributed by atoms with Gasteiger partial charge in [-0.2, -0.15) is 4.31 Å². The van der Waals surface area contributed by atoms with Gasteiger partial charge in [-0.25, -0.2) is 8.42 Å². The van der Waals surface area contributed by atoms with Gasteiger partial charge in [0.05, 0.1) is 12.0 Å². The van der Waals surface area contributed by atoms with Crippen LogP contribution in [0.15, 0.2) is 59.5 Å². The fourth-order valence-corrected chi connectivity index (χ4v) is 3.70. The number of halogens is 1. The van der Waals surface area contributed by atoms with Gasteiger partial charge in [-0.05, 0) is 42.8 Å². The lowest BCUT2D eigenvalue weighted by Gasteiger charge is -2.22. The molecule has 2 rings (SSSR count). The molecule has 5 nitrogen and oxygen atoms in total. The largest absolute Gasteiger partial charge is 0.497 e. The molecule has 2 aromatic carbocycles. The summed E-state index contributed by atoms with van der Waals surface area (Å²) < 4.78 is 32.3. The summed E-state index contributed by atoms with van der Waals surface area (Å²) in [6, 6.07) is 16.0. The van der Waals surface area contributed by atoms with Crippen molar-refractivity contribution in [3.8, 4) is 5.75 Å². The number of benzene rings is 2. The molecule has 0 bridgehead atoms. The lowest BCUT2D eigenvalue weighted by molar-refractivity contribution is 0.401. The first-order valence-corrected chi connectivity index (χ1v) is 8.90. The maximum atomic E-state index is 12.9. The zero-order valence-corrected chi connectivity index (χ0v) is 15.2. The highest BCUT2D eigenvalue weighted by atomic mass is 35.5. The van der Waals surface area contributed by atoms with E-state index in [1.807, 2.05) is 30.3 Å². The van der Waals surface area contributed by atoms with E-state index in [1.54, 1.807) is 31.4 Å². The number of hydrogen-bond donors (Lipinski definition) is 1. The smallest absolute Gasteiger partial charge is 0.243 e. The Kier molecular flexibility index (Phi) is 8.21. The van der Waals surface area contributed by atoms with E-state index in [-0.39, 0.29) is 17.3 Å². The van der Waals surface area contributed by atoms with Gasteiger partial charge in [-0.15, -0.1) is 12.4 Å². The number of methoxy groups -OCH3 is 1. The number of nitrogens with two attached hydrogens (primary N) is 1. The summed E-state index contributed by atoms with van der Waals surface area (Å²) in [6.07, 6.45) is 0.613. The molecule has 2 aromatic rings. The van der Waals surface area contributed by atoms with Crippen LogP contribution in [0.5, 0.6) is 5.75 Å². The molecular formula is C17H23ClN2O3S. The molecule has 0 spiro atoms. The third kappa shape index (κ3) is 5.21. The molecule has 0 aromatic heterocycles. The number of ether oxygens (including phenoxy) is 1. The van der Waals surface area contributed by atoms with E-state index in [4.69, 9.17) is 10.5 Å². The maximum absolute atomic E-state index is 12.9. The fraction of sp³-hybridized carbons (Fsp3) is 0.294. The lowest BCUT2D eigenvalue weighted by atomic mass is 10.2. The molecule has 24 heavy (non-hydrogen) atoms. The normalized spacial score (nSPS) is 11.1. The topological polar surface area (TPSA) is 72.6 Å². The first-order valence-electron chi connectivity index (χ1n) is 7.46. The second kappa shape index (κ2) is 9.64. The van der Waals surface area contributed by atoms with Crippen LogP contribution in [0, 0.1) is 0 Å². The van der Waals surface area contributed by atoms with Gasteiger partial charge in [0.25, 0.3) is 0 Å². The van der Waals surface area contributed by atoms with Crippen molar-refractivity contribution >= 4 is 22.4 Å². The van der Waals surface area contributed by atoms with Crippen LogP contribution in [0.2, 0.25) is 0 Å². The van der Waals surface area contributed by atoms with Gasteiger partial charge in [0.2, 0.25) is 10.0 Å². The van der Waals surface area contributed by atoms with Gasteiger partial charge >= 0.3 is 0 Å². The van der Waals surface area contributed by atoms with Crippen LogP contribution in [-0.4, -0.2) is 32.9 Å². The van der Waals surface area contributed by atoms with Gasteiger partial charge in [-0.1, -0.05) is 30.3 Å². The van der Waals surface area contributed by atoms with Gasteiger partial charge in [-0.3, -0.25) is 0 Å². The Hall–Kier alpha value is -1.60. The predicted octanol–water partition coefficient (Wildman–Crippen LogP) is 2.66. The molecule has 0 aliphatic heterocycles. The Labute approximate surface area is 149 Å². The third-order valence-corrected chi connectivity index (χ3v) is 5.37. The van der Waals surface area contributed by atoms with Crippen molar-refractivity contribution in [1.82, 2.24) is 4.31 Å². The van der Waals surface area contributed by atoms with Gasteiger partial charge in [0.1, 0.15) is 5.75 Å². The lowest BCUT2D eigenvalue weighted by Crippen LogP contribution is -2.32. The van der Waals surface area contributed by atoms with Crippen LogP contribution >= 0.6 is 12.4 Å². The Bertz CT molecular complexity index is 706. The Balaban J connectivity index is 0.00000288. The van der Waals surface area contributed by atoms with E-state index in [0.717, 1.165) is 5.56 Å². The molecule has 0 atom stereocenters. The van der Waals surface area contributed by atoms with Crippen LogP contribution in [0.1, 0.15) is 12.0 Å². The SMILES string of the molecule is COc1ccc(S(=O)(=O)N(CCCN)Cc2ccccc2)cc1.Cl. The number of rotatable bonds is 8. The summed E-state index contributed by atoms with van der Waals surface area (Å²) in [4.78, 5) is 0.256. The molecule has 2 N–H and O–H groups in total. The monoisotopic (exact) mass is 370 g/mol. The van der Waals surface area contributed by atoms with E-state index in [9.17, 15) is 8.42 Å². The molecule has 0 aliphatic rings. The van der Waals surface area contributed by atoms with Gasteiger partial charge in [0, 0.05) is 13.1 Å². The third-order valence-electron chi connectivity index (χ3n) is 3.51. The van der Waals surface area contributed by atoms with Crippen LogP contribution in [0.3, 0.4) is 0 Å². The second-order valence-corrected chi connectivity index (χ2v) is 7.08. The zero-order chi connectivity index (χ0) is 16.7. The summed E-state index contributed by atoms with van der Waals surface area (Å²) in [5.74, 6) is 0.625. The minimum Gasteiger partial charge on any atom is -0.497 e. The molecule has 0 radical (unpaired) electrons. The van der Waals surface area contributed by atoms with Crippen molar-refractivity contribution < 1.29 is 13.2 Å². The number of hydrogen-bond acceptors (Lipinski definition) is 4. The Morgan fingerprint density at radius 3 is 2.21 bits per heavy atom. The minimum atomic E-state index is -3.57. The summed E-state index contributed by atoms with van der Waals surface area (Å²) in [5.41, 5.74) is 6.50. The van der Waals surface area contributed by atoms with Crippen LogP contribution < -0.4 is 10.5 Å².